The van der Waals surface area contributed by atoms with Gasteiger partial charge >= 0.3 is 0 Å². The molecule has 1 N–H and O–H groups in total. The van der Waals surface area contributed by atoms with Gasteiger partial charge in [0, 0.05) is 57.3 Å². The van der Waals surface area contributed by atoms with Crippen LogP contribution in [0.1, 0.15) is 31.2 Å². The van der Waals surface area contributed by atoms with Crippen molar-refractivity contribution in [3.8, 4) is 0 Å². The molecule has 1 aliphatic rings. The first-order valence-corrected chi connectivity index (χ1v) is 10.9. The first kappa shape index (κ1) is 24.3. The molecule has 2 aromatic rings. The number of fused-ring (bicyclic) bond motifs is 1. The molecule has 0 radical (unpaired) electrons. The van der Waals surface area contributed by atoms with Crippen molar-refractivity contribution >= 4 is 16.9 Å². The van der Waals surface area contributed by atoms with Gasteiger partial charge in [-0.2, -0.15) is 0 Å². The lowest BCUT2D eigenvalue weighted by Gasteiger charge is -2.37. The fraction of sp³-hybridized carbons (Fsp3) is 0.542. The zero-order valence-electron chi connectivity index (χ0n) is 19.2. The van der Waals surface area contributed by atoms with Gasteiger partial charge in [-0.3, -0.25) is 4.79 Å². The highest BCUT2D eigenvalue weighted by atomic mass is 16.7. The van der Waals surface area contributed by atoms with Gasteiger partial charge in [-0.15, -0.1) is 0 Å². The van der Waals surface area contributed by atoms with E-state index in [2.05, 4.69) is 0 Å². The molecule has 8 heteroatoms. The fourth-order valence-corrected chi connectivity index (χ4v) is 4.11. The number of hydrogen-bond acceptors (Lipinski definition) is 7. The first-order valence-electron chi connectivity index (χ1n) is 10.9. The maximum absolute atomic E-state index is 13.2. The minimum Gasteiger partial charge on any atom is -0.464 e. The molecule has 176 valence electrons. The van der Waals surface area contributed by atoms with Crippen LogP contribution in [0, 0.1) is 5.92 Å². The number of benzene rings is 1. The summed E-state index contributed by atoms with van der Waals surface area (Å²) >= 11 is 0. The highest BCUT2D eigenvalue weighted by molar-refractivity contribution is 5.92. The van der Waals surface area contributed by atoms with Crippen LogP contribution in [0.2, 0.25) is 0 Å². The van der Waals surface area contributed by atoms with Crippen molar-refractivity contribution in [1.82, 2.24) is 4.90 Å². The molecule has 3 atom stereocenters. The summed E-state index contributed by atoms with van der Waals surface area (Å²) in [5.74, 6) is -0.334. The summed E-state index contributed by atoms with van der Waals surface area (Å²) in [5.41, 5.74) is 1.75. The molecule has 3 rings (SSSR count). The normalized spacial score (nSPS) is 20.9. The number of methoxy groups -OCH3 is 2. The molecule has 0 unspecified atom stereocenters. The molecule has 1 aromatic carbocycles. The number of nitrogens with zero attached hydrogens (tertiary/aromatic N) is 1. The van der Waals surface area contributed by atoms with Crippen molar-refractivity contribution in [2.75, 3.05) is 41.0 Å². The van der Waals surface area contributed by atoms with E-state index in [-0.39, 0.29) is 36.7 Å². The van der Waals surface area contributed by atoms with E-state index in [9.17, 15) is 9.90 Å². The van der Waals surface area contributed by atoms with Crippen LogP contribution in [0.3, 0.4) is 0 Å². The van der Waals surface area contributed by atoms with Crippen LogP contribution in [-0.4, -0.2) is 69.5 Å². The third kappa shape index (κ3) is 5.32. The molecule has 0 fully saturated rings. The van der Waals surface area contributed by atoms with E-state index < -0.39 is 12.6 Å². The Kier molecular flexibility index (Phi) is 8.69. The van der Waals surface area contributed by atoms with Crippen molar-refractivity contribution in [1.29, 1.82) is 0 Å². The molecule has 1 amide bonds. The van der Waals surface area contributed by atoms with E-state index in [4.69, 9.17) is 23.4 Å². The molecule has 0 spiro atoms. The molecular formula is C24H33NO7. The molecule has 2 heterocycles. The second-order valence-corrected chi connectivity index (χ2v) is 7.80. The quantitative estimate of drug-likeness (QED) is 0.529. The van der Waals surface area contributed by atoms with Crippen molar-refractivity contribution in [3.05, 3.63) is 47.9 Å². The maximum atomic E-state index is 13.2. The zero-order valence-corrected chi connectivity index (χ0v) is 19.2. The van der Waals surface area contributed by atoms with Crippen molar-refractivity contribution in [2.24, 2.45) is 5.92 Å². The molecule has 1 aromatic heterocycles. The average Bonchev–Trinajstić information content (AvgIpc) is 3.24. The summed E-state index contributed by atoms with van der Waals surface area (Å²) in [4.78, 5) is 14.7. The second kappa shape index (κ2) is 11.5. The SMILES string of the molecule is CCO[C@@H]1OC(C(=O)N(C)CC(OC)OC)=C[C@H](c2coc3ccccc23)[C@@H]1CCCO. The predicted molar refractivity (Wildman–Crippen MR) is 119 cm³/mol. The number of aliphatic hydroxyl groups excluding tert-OH is 1. The van der Waals surface area contributed by atoms with Crippen LogP contribution in [0.5, 0.6) is 0 Å². The Morgan fingerprint density at radius 2 is 2.00 bits per heavy atom. The highest BCUT2D eigenvalue weighted by Crippen LogP contribution is 2.42. The maximum Gasteiger partial charge on any atom is 0.288 e. The van der Waals surface area contributed by atoms with Crippen LogP contribution in [0.25, 0.3) is 11.0 Å². The van der Waals surface area contributed by atoms with Crippen LogP contribution in [0.4, 0.5) is 0 Å². The van der Waals surface area contributed by atoms with Gasteiger partial charge in [0.05, 0.1) is 12.8 Å². The summed E-state index contributed by atoms with van der Waals surface area (Å²) in [7, 11) is 4.73. The summed E-state index contributed by atoms with van der Waals surface area (Å²) in [6.07, 6.45) is 3.70. The van der Waals surface area contributed by atoms with Gasteiger partial charge in [0.2, 0.25) is 6.29 Å². The van der Waals surface area contributed by atoms with Gasteiger partial charge in [-0.05, 0) is 31.9 Å². The van der Waals surface area contributed by atoms with Gasteiger partial charge < -0.3 is 33.4 Å². The van der Waals surface area contributed by atoms with Gasteiger partial charge in [0.25, 0.3) is 5.91 Å². The van der Waals surface area contributed by atoms with Crippen LogP contribution in [-0.2, 0) is 23.7 Å². The lowest BCUT2D eigenvalue weighted by atomic mass is 9.80. The summed E-state index contributed by atoms with van der Waals surface area (Å²) < 4.78 is 28.2. The lowest BCUT2D eigenvalue weighted by Crippen LogP contribution is -2.41. The number of aliphatic hydroxyl groups is 1. The first-order chi connectivity index (χ1) is 15.5. The third-order valence-corrected chi connectivity index (χ3v) is 5.79. The van der Waals surface area contributed by atoms with E-state index >= 15 is 0 Å². The molecule has 32 heavy (non-hydrogen) atoms. The molecule has 8 nitrogen and oxygen atoms in total. The summed E-state index contributed by atoms with van der Waals surface area (Å²) in [6, 6.07) is 7.81. The van der Waals surface area contributed by atoms with Gasteiger partial charge in [-0.25, -0.2) is 0 Å². The van der Waals surface area contributed by atoms with E-state index in [1.807, 2.05) is 37.3 Å². The number of rotatable bonds is 11. The topological polar surface area (TPSA) is 90.6 Å². The molecule has 0 bridgehead atoms. The Hall–Kier alpha value is -2.39. The number of para-hydroxylation sites is 1. The van der Waals surface area contributed by atoms with Crippen LogP contribution >= 0.6 is 0 Å². The Labute approximate surface area is 188 Å². The second-order valence-electron chi connectivity index (χ2n) is 7.80. The molecule has 0 saturated carbocycles. The number of allylic oxidation sites excluding steroid dienone is 1. The molecular weight excluding hydrogens is 414 g/mol. The Balaban J connectivity index is 1.99. The largest absolute Gasteiger partial charge is 0.464 e. The van der Waals surface area contributed by atoms with Crippen molar-refractivity contribution in [2.45, 2.75) is 38.3 Å². The molecule has 1 aliphatic heterocycles. The highest BCUT2D eigenvalue weighted by Gasteiger charge is 2.39. The molecule has 0 saturated heterocycles. The number of carbonyl (C=O) groups is 1. The van der Waals surface area contributed by atoms with E-state index in [0.29, 0.717) is 19.4 Å². The summed E-state index contributed by atoms with van der Waals surface area (Å²) in [6.45, 7) is 2.65. The number of amides is 1. The Morgan fingerprint density at radius 3 is 2.69 bits per heavy atom. The monoisotopic (exact) mass is 447 g/mol. The Morgan fingerprint density at radius 1 is 1.25 bits per heavy atom. The number of ether oxygens (including phenoxy) is 4. The van der Waals surface area contributed by atoms with Gasteiger partial charge in [-0.1, -0.05) is 18.2 Å². The third-order valence-electron chi connectivity index (χ3n) is 5.79. The number of carbonyl (C=O) groups excluding carboxylic acids is 1. The summed E-state index contributed by atoms with van der Waals surface area (Å²) in [5, 5.41) is 10.4. The van der Waals surface area contributed by atoms with E-state index in [1.165, 1.54) is 19.1 Å². The number of hydrogen-bond donors (Lipinski definition) is 1. The zero-order chi connectivity index (χ0) is 23.1. The van der Waals surface area contributed by atoms with E-state index in [0.717, 1.165) is 16.5 Å². The van der Waals surface area contributed by atoms with Crippen molar-refractivity contribution < 1.29 is 33.3 Å². The van der Waals surface area contributed by atoms with Gasteiger partial charge in [0.1, 0.15) is 5.58 Å². The minimum atomic E-state index is -0.622. The number of furan rings is 1. The smallest absolute Gasteiger partial charge is 0.288 e. The standard InChI is InChI=1S/C24H33NO7/c1-5-30-24-17(10-8-12-26)18(19-15-31-20-11-7-6-9-16(19)20)13-21(32-24)23(27)25(2)14-22(28-3)29-4/h6-7,9,11,13,15,17-18,22,24,26H,5,8,10,12,14H2,1-4H3/t17-,18-,24+/m0/s1. The average molecular weight is 448 g/mol. The fourth-order valence-electron chi connectivity index (χ4n) is 4.11. The van der Waals surface area contributed by atoms with Crippen LogP contribution in [0.15, 0.2) is 46.8 Å². The molecule has 0 aliphatic carbocycles. The van der Waals surface area contributed by atoms with Crippen molar-refractivity contribution in [3.63, 3.8) is 0 Å². The van der Waals surface area contributed by atoms with Gasteiger partial charge in [0.15, 0.2) is 12.0 Å². The Bertz CT molecular complexity index is 905. The van der Waals surface area contributed by atoms with E-state index in [1.54, 1.807) is 13.3 Å². The lowest BCUT2D eigenvalue weighted by molar-refractivity contribution is -0.172. The number of likely N-dealkylation sites (N-methyl/N-ethyl adjacent to an activating group) is 1. The van der Waals surface area contributed by atoms with Crippen LogP contribution < -0.4 is 0 Å². The minimum absolute atomic E-state index is 0.0713. The predicted octanol–water partition coefficient (Wildman–Crippen LogP) is 3.26.